The van der Waals surface area contributed by atoms with Crippen molar-refractivity contribution in [3.05, 3.63) is 76.2 Å². The third-order valence-electron chi connectivity index (χ3n) is 7.00. The first-order valence-electron chi connectivity index (χ1n) is 11.6. The summed E-state index contributed by atoms with van der Waals surface area (Å²) >= 11 is 0. The predicted octanol–water partition coefficient (Wildman–Crippen LogP) is 4.78. The number of aromatic amines is 1. The summed E-state index contributed by atoms with van der Waals surface area (Å²) in [5.41, 5.74) is 3.70. The van der Waals surface area contributed by atoms with Gasteiger partial charge in [0.15, 0.2) is 5.67 Å². The van der Waals surface area contributed by atoms with Crippen molar-refractivity contribution < 1.29 is 13.9 Å². The van der Waals surface area contributed by atoms with Crippen molar-refractivity contribution in [2.24, 2.45) is 0 Å². The molecular weight excluding hydrogens is 431 g/mol. The number of ether oxygens (including phenoxy) is 1. The largest absolute Gasteiger partial charge is 0.381 e. The van der Waals surface area contributed by atoms with Crippen LogP contribution in [-0.2, 0) is 10.4 Å². The molecule has 0 saturated carbocycles. The van der Waals surface area contributed by atoms with E-state index in [1.54, 1.807) is 29.2 Å². The summed E-state index contributed by atoms with van der Waals surface area (Å²) in [6, 6.07) is 12.4. The Morgan fingerprint density at radius 3 is 2.56 bits per heavy atom. The van der Waals surface area contributed by atoms with Crippen LogP contribution >= 0.6 is 0 Å². The highest BCUT2D eigenvalue weighted by Crippen LogP contribution is 2.38. The molecule has 0 unspecified atom stereocenters. The van der Waals surface area contributed by atoms with Gasteiger partial charge in [0.25, 0.3) is 5.91 Å². The standard InChI is InChI=1S/C27H27FN4O2/c1-17-11-18(2)23(12-22(17)24-14-30-25(31-24)20-7-9-34-10-8-20)26(33)32-15-27(28,16-32)21-5-3-19(13-29)4-6-21/h3-6,11-12,14,20H,7-10,15-16H2,1-2H3,(H,30,31). The van der Waals surface area contributed by atoms with Crippen LogP contribution < -0.4 is 0 Å². The molecule has 0 aliphatic carbocycles. The summed E-state index contributed by atoms with van der Waals surface area (Å²) in [5, 5.41) is 8.95. The number of aromatic nitrogens is 2. The van der Waals surface area contributed by atoms with E-state index in [0.717, 1.165) is 54.3 Å². The normalized spacial score (nSPS) is 17.8. The van der Waals surface area contributed by atoms with E-state index in [9.17, 15) is 4.79 Å². The number of hydrogen-bond donors (Lipinski definition) is 1. The maximum atomic E-state index is 15.4. The van der Waals surface area contributed by atoms with Gasteiger partial charge in [-0.05, 0) is 61.6 Å². The van der Waals surface area contributed by atoms with Gasteiger partial charge < -0.3 is 14.6 Å². The van der Waals surface area contributed by atoms with Gasteiger partial charge in [0.05, 0.1) is 36.6 Å². The van der Waals surface area contributed by atoms with Crippen LogP contribution in [0.5, 0.6) is 0 Å². The topological polar surface area (TPSA) is 82.0 Å². The third kappa shape index (κ3) is 3.99. The minimum absolute atomic E-state index is 0.00165. The number of carbonyl (C=O) groups is 1. The Hall–Kier alpha value is -3.50. The molecular formula is C27H27FN4O2. The van der Waals surface area contributed by atoms with Crippen molar-refractivity contribution in [2.75, 3.05) is 26.3 Å². The Morgan fingerprint density at radius 1 is 1.18 bits per heavy atom. The van der Waals surface area contributed by atoms with Crippen molar-refractivity contribution in [1.29, 1.82) is 5.26 Å². The second-order valence-corrected chi connectivity index (χ2v) is 9.37. The number of nitrogens with zero attached hydrogens (tertiary/aromatic N) is 3. The summed E-state index contributed by atoms with van der Waals surface area (Å²) in [6.07, 6.45) is 3.73. The van der Waals surface area contributed by atoms with E-state index in [-0.39, 0.29) is 19.0 Å². The molecule has 6 nitrogen and oxygen atoms in total. The zero-order valence-electron chi connectivity index (χ0n) is 19.4. The molecule has 3 heterocycles. The van der Waals surface area contributed by atoms with E-state index in [4.69, 9.17) is 10.00 Å². The Morgan fingerprint density at radius 2 is 1.88 bits per heavy atom. The van der Waals surface area contributed by atoms with E-state index < -0.39 is 5.67 Å². The SMILES string of the molecule is Cc1cc(C)c(-c2cnc(C3CCOCC3)[nH]2)cc1C(=O)N1CC(F)(c2ccc(C#N)cc2)C1. The van der Waals surface area contributed by atoms with Gasteiger partial charge in [0, 0.05) is 30.3 Å². The fourth-order valence-corrected chi connectivity index (χ4v) is 4.92. The maximum Gasteiger partial charge on any atom is 0.254 e. The fourth-order valence-electron chi connectivity index (χ4n) is 4.92. The molecule has 2 aliphatic heterocycles. The van der Waals surface area contributed by atoms with Crippen molar-refractivity contribution in [3.63, 3.8) is 0 Å². The van der Waals surface area contributed by atoms with E-state index in [1.165, 1.54) is 0 Å². The van der Waals surface area contributed by atoms with E-state index in [1.807, 2.05) is 38.2 Å². The molecule has 2 aliphatic rings. The number of hydrogen-bond acceptors (Lipinski definition) is 4. The summed E-state index contributed by atoms with van der Waals surface area (Å²) in [5.74, 6) is 1.14. The lowest BCUT2D eigenvalue weighted by molar-refractivity contribution is -0.0231. The number of nitrogens with one attached hydrogen (secondary N) is 1. The molecule has 0 atom stereocenters. The average molecular weight is 459 g/mol. The molecule has 2 fully saturated rings. The van der Waals surface area contributed by atoms with E-state index in [0.29, 0.717) is 22.6 Å². The summed E-state index contributed by atoms with van der Waals surface area (Å²) < 4.78 is 20.8. The fraction of sp³-hybridized carbons (Fsp3) is 0.370. The summed E-state index contributed by atoms with van der Waals surface area (Å²) in [6.45, 7) is 5.42. The molecule has 1 amide bonds. The molecule has 34 heavy (non-hydrogen) atoms. The van der Waals surface area contributed by atoms with Crippen molar-refractivity contribution in [1.82, 2.24) is 14.9 Å². The number of rotatable bonds is 4. The van der Waals surface area contributed by atoms with Gasteiger partial charge in [0.1, 0.15) is 5.82 Å². The van der Waals surface area contributed by atoms with E-state index >= 15 is 4.39 Å². The highest BCUT2D eigenvalue weighted by Gasteiger charge is 2.47. The zero-order chi connectivity index (χ0) is 23.9. The number of aryl methyl sites for hydroxylation is 2. The van der Waals surface area contributed by atoms with Gasteiger partial charge in [0.2, 0.25) is 0 Å². The predicted molar refractivity (Wildman–Crippen MR) is 126 cm³/mol. The van der Waals surface area contributed by atoms with Crippen LogP contribution in [0.1, 0.15) is 57.2 Å². The molecule has 2 aromatic carbocycles. The Labute approximate surface area is 198 Å². The van der Waals surface area contributed by atoms with Crippen LogP contribution in [-0.4, -0.2) is 47.1 Å². The maximum absolute atomic E-state index is 15.4. The molecule has 174 valence electrons. The first-order valence-corrected chi connectivity index (χ1v) is 11.6. The second-order valence-electron chi connectivity index (χ2n) is 9.37. The van der Waals surface area contributed by atoms with Crippen LogP contribution in [0.2, 0.25) is 0 Å². The number of likely N-dealkylation sites (tertiary alicyclic amines) is 1. The average Bonchev–Trinajstić information content (AvgIpc) is 3.32. The molecule has 0 spiro atoms. The first kappa shape index (κ1) is 22.3. The third-order valence-corrected chi connectivity index (χ3v) is 7.00. The molecule has 1 aromatic heterocycles. The Kier molecular flexibility index (Phi) is 5.70. The van der Waals surface area contributed by atoms with Gasteiger partial charge >= 0.3 is 0 Å². The van der Waals surface area contributed by atoms with Crippen molar-refractivity contribution in [3.8, 4) is 17.3 Å². The van der Waals surface area contributed by atoms with Gasteiger partial charge in [-0.15, -0.1) is 0 Å². The highest BCUT2D eigenvalue weighted by molar-refractivity contribution is 5.98. The molecule has 0 radical (unpaired) electrons. The molecule has 1 N–H and O–H groups in total. The second kappa shape index (κ2) is 8.69. The van der Waals surface area contributed by atoms with Crippen LogP contribution in [0.15, 0.2) is 42.6 Å². The Balaban J connectivity index is 1.35. The lowest BCUT2D eigenvalue weighted by Gasteiger charge is -2.45. The van der Waals surface area contributed by atoms with E-state index in [2.05, 4.69) is 9.97 Å². The minimum Gasteiger partial charge on any atom is -0.381 e. The van der Waals surface area contributed by atoms with Crippen LogP contribution in [0.25, 0.3) is 11.3 Å². The van der Waals surface area contributed by atoms with Gasteiger partial charge in [-0.25, -0.2) is 9.37 Å². The lowest BCUT2D eigenvalue weighted by atomic mass is 9.86. The number of carbonyl (C=O) groups excluding carboxylic acids is 1. The molecule has 7 heteroatoms. The quantitative estimate of drug-likeness (QED) is 0.610. The number of benzene rings is 2. The number of nitriles is 1. The number of halogens is 1. The van der Waals surface area contributed by atoms with Crippen molar-refractivity contribution >= 4 is 5.91 Å². The number of alkyl halides is 1. The van der Waals surface area contributed by atoms with Gasteiger partial charge in [-0.1, -0.05) is 18.2 Å². The molecule has 5 rings (SSSR count). The van der Waals surface area contributed by atoms with Crippen LogP contribution in [0.4, 0.5) is 4.39 Å². The highest BCUT2D eigenvalue weighted by atomic mass is 19.1. The molecule has 2 saturated heterocycles. The first-order chi connectivity index (χ1) is 16.4. The minimum atomic E-state index is -1.59. The number of imidazole rings is 1. The van der Waals surface area contributed by atoms with Gasteiger partial charge in [-0.3, -0.25) is 4.79 Å². The van der Waals surface area contributed by atoms with Crippen LogP contribution in [0.3, 0.4) is 0 Å². The number of H-pyrrole nitrogens is 1. The molecule has 3 aromatic rings. The summed E-state index contributed by atoms with van der Waals surface area (Å²) in [7, 11) is 0. The van der Waals surface area contributed by atoms with Crippen LogP contribution in [0, 0.1) is 25.2 Å². The zero-order valence-corrected chi connectivity index (χ0v) is 19.4. The monoisotopic (exact) mass is 458 g/mol. The number of amides is 1. The van der Waals surface area contributed by atoms with Crippen molar-refractivity contribution in [2.45, 2.75) is 38.3 Å². The summed E-state index contributed by atoms with van der Waals surface area (Å²) in [4.78, 5) is 22.9. The lowest BCUT2D eigenvalue weighted by Crippen LogP contribution is -2.58. The smallest absolute Gasteiger partial charge is 0.254 e. The van der Waals surface area contributed by atoms with Gasteiger partial charge in [-0.2, -0.15) is 5.26 Å². The Bertz CT molecular complexity index is 1260. The molecule has 0 bridgehead atoms.